The van der Waals surface area contributed by atoms with Gasteiger partial charge in [0.2, 0.25) is 5.91 Å². The second-order valence-corrected chi connectivity index (χ2v) is 3.32. The fourth-order valence-corrected chi connectivity index (χ4v) is 1.11. The number of hydrogen-bond donors (Lipinski definition) is 1. The van der Waals surface area contributed by atoms with Crippen LogP contribution in [0.4, 0.5) is 0 Å². The minimum absolute atomic E-state index is 0.0507. The molecule has 0 aromatic heterocycles. The van der Waals surface area contributed by atoms with E-state index in [-0.39, 0.29) is 12.6 Å². The normalized spacial score (nSPS) is 14.6. The third kappa shape index (κ3) is 6.90. The lowest BCUT2D eigenvalue weighted by atomic mass is 10.3. The van der Waals surface area contributed by atoms with Crippen LogP contribution in [0.15, 0.2) is 0 Å². The quantitative estimate of drug-likeness (QED) is 0.684. The van der Waals surface area contributed by atoms with E-state index >= 15 is 0 Å². The molecule has 1 aliphatic rings. The van der Waals surface area contributed by atoms with Gasteiger partial charge in [-0.15, -0.1) is 0 Å². The zero-order valence-corrected chi connectivity index (χ0v) is 9.36. The summed E-state index contributed by atoms with van der Waals surface area (Å²) >= 11 is 0. The van der Waals surface area contributed by atoms with E-state index in [2.05, 4.69) is 4.74 Å². The van der Waals surface area contributed by atoms with Gasteiger partial charge in [-0.25, -0.2) is 0 Å². The summed E-state index contributed by atoms with van der Waals surface area (Å²) in [6, 6.07) is 0. The zero-order valence-electron chi connectivity index (χ0n) is 9.36. The van der Waals surface area contributed by atoms with E-state index in [1.54, 1.807) is 4.90 Å². The summed E-state index contributed by atoms with van der Waals surface area (Å²) in [6.07, 6.45) is 2.62. The summed E-state index contributed by atoms with van der Waals surface area (Å²) in [5, 5.41) is 8.20. The number of carbonyl (C=O) groups is 2. The minimum Gasteiger partial charge on any atom is -0.469 e. The molecule has 1 rings (SSSR count). The van der Waals surface area contributed by atoms with Gasteiger partial charge in [0, 0.05) is 33.0 Å². The smallest absolute Gasteiger partial charge is 0.305 e. The van der Waals surface area contributed by atoms with Crippen molar-refractivity contribution in [3.8, 4) is 0 Å². The number of rotatable bonds is 3. The predicted octanol–water partition coefficient (Wildman–Crippen LogP) is 0.170. The Hall–Kier alpha value is -1.10. The summed E-state index contributed by atoms with van der Waals surface area (Å²) < 4.78 is 4.30. The number of hydrogen-bond acceptors (Lipinski definition) is 4. The van der Waals surface area contributed by atoms with Crippen LogP contribution >= 0.6 is 0 Å². The van der Waals surface area contributed by atoms with Crippen LogP contribution in [0.5, 0.6) is 0 Å². The SMILES string of the molecule is CN1CCCC1=O.COC(=O)CCCO. The van der Waals surface area contributed by atoms with Crippen molar-refractivity contribution in [1.82, 2.24) is 4.90 Å². The summed E-state index contributed by atoms with van der Waals surface area (Å²) in [5.41, 5.74) is 0. The van der Waals surface area contributed by atoms with Crippen molar-refractivity contribution in [2.75, 3.05) is 27.3 Å². The third-order valence-corrected chi connectivity index (χ3v) is 2.08. The molecule has 0 bridgehead atoms. The Balaban J connectivity index is 0.000000262. The molecule has 1 N–H and O–H groups in total. The highest BCUT2D eigenvalue weighted by Gasteiger charge is 2.14. The van der Waals surface area contributed by atoms with Crippen LogP contribution in [0.25, 0.3) is 0 Å². The molecule has 0 saturated carbocycles. The molecule has 0 aliphatic carbocycles. The zero-order chi connectivity index (χ0) is 11.7. The highest BCUT2D eigenvalue weighted by molar-refractivity contribution is 5.77. The maximum Gasteiger partial charge on any atom is 0.305 e. The van der Waals surface area contributed by atoms with E-state index in [0.29, 0.717) is 18.7 Å². The largest absolute Gasteiger partial charge is 0.469 e. The number of esters is 1. The van der Waals surface area contributed by atoms with Crippen LogP contribution in [0.2, 0.25) is 0 Å². The molecule has 1 fully saturated rings. The number of amides is 1. The van der Waals surface area contributed by atoms with Gasteiger partial charge in [-0.2, -0.15) is 0 Å². The van der Waals surface area contributed by atoms with Crippen molar-refractivity contribution >= 4 is 11.9 Å². The molecule has 88 valence electrons. The molecule has 0 aromatic rings. The van der Waals surface area contributed by atoms with Crippen molar-refractivity contribution in [2.45, 2.75) is 25.7 Å². The topological polar surface area (TPSA) is 66.8 Å². The highest BCUT2D eigenvalue weighted by atomic mass is 16.5. The maximum absolute atomic E-state index is 10.5. The molecule has 1 amide bonds. The van der Waals surface area contributed by atoms with E-state index in [1.165, 1.54) is 7.11 Å². The van der Waals surface area contributed by atoms with Gasteiger partial charge in [-0.3, -0.25) is 9.59 Å². The van der Waals surface area contributed by atoms with Gasteiger partial charge >= 0.3 is 5.97 Å². The summed E-state index contributed by atoms with van der Waals surface area (Å²) in [6.45, 7) is 1.01. The van der Waals surface area contributed by atoms with E-state index < -0.39 is 0 Å². The van der Waals surface area contributed by atoms with Gasteiger partial charge in [-0.1, -0.05) is 0 Å². The molecule has 0 aromatic carbocycles. The first-order valence-electron chi connectivity index (χ1n) is 5.03. The number of methoxy groups -OCH3 is 1. The number of aliphatic hydroxyl groups is 1. The molecular formula is C10H19NO4. The van der Waals surface area contributed by atoms with E-state index in [0.717, 1.165) is 19.4 Å². The fraction of sp³-hybridized carbons (Fsp3) is 0.800. The molecule has 1 aliphatic heterocycles. The first-order valence-corrected chi connectivity index (χ1v) is 5.03. The van der Waals surface area contributed by atoms with Gasteiger partial charge in [0.15, 0.2) is 0 Å². The lowest BCUT2D eigenvalue weighted by Crippen LogP contribution is -2.17. The average Bonchev–Trinajstić information content (AvgIpc) is 2.61. The highest BCUT2D eigenvalue weighted by Crippen LogP contribution is 2.04. The molecule has 0 radical (unpaired) electrons. The summed E-state index contributed by atoms with van der Waals surface area (Å²) in [7, 11) is 3.18. The third-order valence-electron chi connectivity index (χ3n) is 2.08. The lowest BCUT2D eigenvalue weighted by Gasteiger charge is -2.03. The first kappa shape index (κ1) is 13.9. The number of carbonyl (C=O) groups excluding carboxylic acids is 2. The minimum atomic E-state index is -0.265. The molecular weight excluding hydrogens is 198 g/mol. The number of likely N-dealkylation sites (tertiary alicyclic amines) is 1. The van der Waals surface area contributed by atoms with Gasteiger partial charge in [-0.05, 0) is 12.8 Å². The lowest BCUT2D eigenvalue weighted by molar-refractivity contribution is -0.140. The van der Waals surface area contributed by atoms with Gasteiger partial charge in [0.25, 0.3) is 0 Å². The average molecular weight is 217 g/mol. The molecule has 1 saturated heterocycles. The molecule has 15 heavy (non-hydrogen) atoms. The van der Waals surface area contributed by atoms with Crippen LogP contribution < -0.4 is 0 Å². The molecule has 0 atom stereocenters. The van der Waals surface area contributed by atoms with Crippen LogP contribution in [-0.2, 0) is 14.3 Å². The Kier molecular flexibility index (Phi) is 7.62. The standard InChI is InChI=1S/C5H9NO.C5H10O3/c1-6-4-2-3-5(6)7;1-8-5(7)3-2-4-6/h2-4H2,1H3;6H,2-4H2,1H3. The van der Waals surface area contributed by atoms with Crippen LogP contribution in [0.1, 0.15) is 25.7 Å². The van der Waals surface area contributed by atoms with Gasteiger partial charge in [0.05, 0.1) is 7.11 Å². The Morgan fingerprint density at radius 1 is 1.60 bits per heavy atom. The van der Waals surface area contributed by atoms with E-state index in [1.807, 2.05) is 7.05 Å². The van der Waals surface area contributed by atoms with E-state index in [4.69, 9.17) is 5.11 Å². The van der Waals surface area contributed by atoms with Crippen LogP contribution in [0, 0.1) is 0 Å². The van der Waals surface area contributed by atoms with Gasteiger partial charge in [0.1, 0.15) is 0 Å². The van der Waals surface area contributed by atoms with Crippen molar-refractivity contribution in [3.05, 3.63) is 0 Å². The van der Waals surface area contributed by atoms with Gasteiger partial charge < -0.3 is 14.7 Å². The summed E-state index contributed by atoms with van der Waals surface area (Å²) in [5.74, 6) is 0.0269. The first-order chi connectivity index (χ1) is 7.11. The second-order valence-electron chi connectivity index (χ2n) is 3.32. The number of ether oxygens (including phenoxy) is 1. The monoisotopic (exact) mass is 217 g/mol. The Bertz CT molecular complexity index is 206. The molecule has 0 spiro atoms. The second kappa shape index (κ2) is 8.23. The van der Waals surface area contributed by atoms with Crippen LogP contribution in [0.3, 0.4) is 0 Å². The Morgan fingerprint density at radius 2 is 2.27 bits per heavy atom. The fourth-order valence-electron chi connectivity index (χ4n) is 1.11. The number of aliphatic hydroxyl groups excluding tert-OH is 1. The van der Waals surface area contributed by atoms with Crippen molar-refractivity contribution in [3.63, 3.8) is 0 Å². The Labute approximate surface area is 90.0 Å². The molecule has 5 nitrogen and oxygen atoms in total. The van der Waals surface area contributed by atoms with Crippen LogP contribution in [-0.4, -0.2) is 49.2 Å². The Morgan fingerprint density at radius 3 is 2.53 bits per heavy atom. The maximum atomic E-state index is 10.5. The predicted molar refractivity (Wildman–Crippen MR) is 55.2 cm³/mol. The summed E-state index contributed by atoms with van der Waals surface area (Å²) in [4.78, 5) is 22.5. The molecule has 0 unspecified atom stereocenters. The van der Waals surface area contributed by atoms with E-state index in [9.17, 15) is 9.59 Å². The van der Waals surface area contributed by atoms with Crippen molar-refractivity contribution in [2.24, 2.45) is 0 Å². The van der Waals surface area contributed by atoms with Crippen molar-refractivity contribution < 1.29 is 19.4 Å². The van der Waals surface area contributed by atoms with Crippen molar-refractivity contribution in [1.29, 1.82) is 0 Å². The molecule has 5 heteroatoms. The molecule has 1 heterocycles. The number of nitrogens with zero attached hydrogens (tertiary/aromatic N) is 1.